The smallest absolute Gasteiger partial charge is 0.0240 e. The number of fused-ring (bicyclic) bond motifs is 1. The number of nitrogens with zero attached hydrogens (tertiary/aromatic N) is 2. The van der Waals surface area contributed by atoms with Crippen molar-refractivity contribution < 1.29 is 0 Å². The van der Waals surface area contributed by atoms with Gasteiger partial charge in [0.05, 0.1) is 0 Å². The first-order chi connectivity index (χ1) is 15.8. The zero-order chi connectivity index (χ0) is 21.8. The first-order valence-corrected chi connectivity index (χ1v) is 12.4. The Bertz CT molecular complexity index is 948. The summed E-state index contributed by atoms with van der Waals surface area (Å²) in [5, 5.41) is 0. The molecule has 0 amide bonds. The minimum Gasteiger partial charge on any atom is -0.306 e. The molecule has 32 heavy (non-hydrogen) atoms. The van der Waals surface area contributed by atoms with Gasteiger partial charge in [-0.05, 0) is 86.0 Å². The summed E-state index contributed by atoms with van der Waals surface area (Å²) in [6.07, 6.45) is 6.26. The molecule has 0 unspecified atom stereocenters. The molecule has 0 aromatic heterocycles. The van der Waals surface area contributed by atoms with Gasteiger partial charge >= 0.3 is 0 Å². The van der Waals surface area contributed by atoms with Gasteiger partial charge in [0.1, 0.15) is 0 Å². The highest BCUT2D eigenvalue weighted by molar-refractivity contribution is 5.40. The van der Waals surface area contributed by atoms with Gasteiger partial charge in [-0.25, -0.2) is 0 Å². The van der Waals surface area contributed by atoms with E-state index in [4.69, 9.17) is 0 Å². The predicted molar refractivity (Wildman–Crippen MR) is 134 cm³/mol. The molecule has 0 radical (unpaired) electrons. The fraction of sp³-hybridized carbons (Fsp3) is 0.400. The predicted octanol–water partition coefficient (Wildman–Crippen LogP) is 6.06. The van der Waals surface area contributed by atoms with Crippen LogP contribution in [0, 0.1) is 0 Å². The van der Waals surface area contributed by atoms with Crippen LogP contribution in [0.25, 0.3) is 0 Å². The summed E-state index contributed by atoms with van der Waals surface area (Å²) in [5.41, 5.74) is 7.76. The maximum absolute atomic E-state index is 2.74. The lowest BCUT2D eigenvalue weighted by Crippen LogP contribution is -2.39. The normalized spacial score (nSPS) is 19.8. The molecule has 2 nitrogen and oxygen atoms in total. The van der Waals surface area contributed by atoms with Crippen LogP contribution >= 0.6 is 0 Å². The van der Waals surface area contributed by atoms with Gasteiger partial charge in [-0.15, -0.1) is 0 Å². The number of hydrogen-bond acceptors (Lipinski definition) is 2. The van der Waals surface area contributed by atoms with E-state index >= 15 is 0 Å². The molecule has 1 fully saturated rings. The average molecular weight is 425 g/mol. The minimum absolute atomic E-state index is 0.593. The molecular weight excluding hydrogens is 388 g/mol. The zero-order valence-electron chi connectivity index (χ0n) is 19.4. The molecule has 0 spiro atoms. The summed E-state index contributed by atoms with van der Waals surface area (Å²) in [4.78, 5) is 5.22. The molecule has 5 rings (SSSR count). The van der Waals surface area contributed by atoms with Gasteiger partial charge in [-0.3, -0.25) is 4.90 Å². The lowest BCUT2D eigenvalue weighted by molar-refractivity contribution is 0.161. The lowest BCUT2D eigenvalue weighted by atomic mass is 9.78. The summed E-state index contributed by atoms with van der Waals surface area (Å²) in [6, 6.07) is 29.8. The molecule has 1 saturated heterocycles. The summed E-state index contributed by atoms with van der Waals surface area (Å²) in [7, 11) is 2.26. The van der Waals surface area contributed by atoms with Crippen molar-refractivity contribution in [1.29, 1.82) is 0 Å². The maximum atomic E-state index is 2.74. The maximum Gasteiger partial charge on any atom is 0.0240 e. The van der Waals surface area contributed by atoms with Crippen molar-refractivity contribution in [2.75, 3.05) is 20.1 Å². The Kier molecular flexibility index (Phi) is 6.71. The van der Waals surface area contributed by atoms with Crippen LogP contribution in [0.4, 0.5) is 0 Å². The molecule has 0 N–H and O–H groups in total. The van der Waals surface area contributed by atoms with E-state index in [1.165, 1.54) is 56.3 Å². The largest absolute Gasteiger partial charge is 0.306 e. The van der Waals surface area contributed by atoms with E-state index < -0.39 is 0 Å². The molecule has 1 aliphatic heterocycles. The minimum atomic E-state index is 0.593. The topological polar surface area (TPSA) is 6.48 Å². The highest BCUT2D eigenvalue weighted by Gasteiger charge is 2.29. The van der Waals surface area contributed by atoms with Gasteiger partial charge < -0.3 is 4.90 Å². The Morgan fingerprint density at radius 2 is 1.38 bits per heavy atom. The molecular formula is C30H36N2. The zero-order valence-corrected chi connectivity index (χ0v) is 19.4. The van der Waals surface area contributed by atoms with Gasteiger partial charge in [-0.1, -0.05) is 78.9 Å². The summed E-state index contributed by atoms with van der Waals surface area (Å²) >= 11 is 0. The Balaban J connectivity index is 1.40. The third kappa shape index (κ3) is 4.98. The quantitative estimate of drug-likeness (QED) is 0.475. The standard InChI is InChI=1S/C30H36N2/c1-31-19-17-27(18-20-31)29-14-8-13-26-15-16-28(21-30(26)29)32(22-24-9-4-2-5-10-24)23-25-11-6-3-7-12-25/h2-14,27-28H,15-23H2,1H3/t28-/m1/s1. The van der Waals surface area contributed by atoms with Crippen LogP contribution in [-0.2, 0) is 25.9 Å². The molecule has 3 aromatic carbocycles. The van der Waals surface area contributed by atoms with E-state index in [9.17, 15) is 0 Å². The van der Waals surface area contributed by atoms with Crippen LogP contribution in [-0.4, -0.2) is 36.0 Å². The van der Waals surface area contributed by atoms with E-state index in [0.29, 0.717) is 6.04 Å². The van der Waals surface area contributed by atoms with E-state index in [-0.39, 0.29) is 0 Å². The fourth-order valence-electron chi connectivity index (χ4n) is 5.76. The third-order valence-corrected chi connectivity index (χ3v) is 7.63. The van der Waals surface area contributed by atoms with E-state index in [1.54, 1.807) is 16.7 Å². The Hall–Kier alpha value is -2.42. The average Bonchev–Trinajstić information content (AvgIpc) is 2.85. The highest BCUT2D eigenvalue weighted by atomic mass is 15.2. The molecule has 1 aliphatic carbocycles. The monoisotopic (exact) mass is 424 g/mol. The second-order valence-electron chi connectivity index (χ2n) is 9.84. The van der Waals surface area contributed by atoms with Crippen LogP contribution in [0.3, 0.4) is 0 Å². The molecule has 3 aromatic rings. The highest BCUT2D eigenvalue weighted by Crippen LogP contribution is 2.36. The number of aryl methyl sites for hydroxylation is 1. The van der Waals surface area contributed by atoms with Crippen molar-refractivity contribution in [3.63, 3.8) is 0 Å². The lowest BCUT2D eigenvalue weighted by Gasteiger charge is -2.38. The van der Waals surface area contributed by atoms with Gasteiger partial charge in [0.25, 0.3) is 0 Å². The van der Waals surface area contributed by atoms with Gasteiger partial charge in [0, 0.05) is 19.1 Å². The van der Waals surface area contributed by atoms with Crippen LogP contribution in [0.1, 0.15) is 53.0 Å². The van der Waals surface area contributed by atoms with Crippen molar-refractivity contribution in [1.82, 2.24) is 9.80 Å². The van der Waals surface area contributed by atoms with Gasteiger partial charge in [-0.2, -0.15) is 0 Å². The third-order valence-electron chi connectivity index (χ3n) is 7.63. The second kappa shape index (κ2) is 10.0. The summed E-state index contributed by atoms with van der Waals surface area (Å²) in [6.45, 7) is 4.50. The molecule has 1 atom stereocenters. The Morgan fingerprint density at radius 1 is 0.750 bits per heavy atom. The number of likely N-dealkylation sites (tertiary alicyclic amines) is 1. The Labute approximate surface area is 193 Å². The molecule has 166 valence electrons. The number of rotatable bonds is 6. The van der Waals surface area contributed by atoms with Gasteiger partial charge in [0.2, 0.25) is 0 Å². The van der Waals surface area contributed by atoms with Crippen LogP contribution in [0.2, 0.25) is 0 Å². The van der Waals surface area contributed by atoms with Crippen molar-refractivity contribution in [2.45, 2.75) is 57.2 Å². The summed E-state index contributed by atoms with van der Waals surface area (Å²) < 4.78 is 0. The molecule has 0 saturated carbocycles. The fourth-order valence-corrected chi connectivity index (χ4v) is 5.76. The first-order valence-electron chi connectivity index (χ1n) is 12.4. The van der Waals surface area contributed by atoms with Crippen molar-refractivity contribution in [3.8, 4) is 0 Å². The van der Waals surface area contributed by atoms with Crippen molar-refractivity contribution >= 4 is 0 Å². The van der Waals surface area contributed by atoms with Crippen LogP contribution < -0.4 is 0 Å². The number of benzene rings is 3. The van der Waals surface area contributed by atoms with Crippen molar-refractivity contribution in [3.05, 3.63) is 107 Å². The van der Waals surface area contributed by atoms with Crippen LogP contribution in [0.15, 0.2) is 78.9 Å². The molecule has 0 bridgehead atoms. The van der Waals surface area contributed by atoms with Crippen molar-refractivity contribution in [2.24, 2.45) is 0 Å². The molecule has 1 heterocycles. The first kappa shape index (κ1) is 21.4. The Morgan fingerprint density at radius 3 is 2.00 bits per heavy atom. The summed E-state index contributed by atoms with van der Waals surface area (Å²) in [5.74, 6) is 0.733. The second-order valence-corrected chi connectivity index (χ2v) is 9.84. The van der Waals surface area contributed by atoms with Crippen LogP contribution in [0.5, 0.6) is 0 Å². The number of hydrogen-bond donors (Lipinski definition) is 0. The van der Waals surface area contributed by atoms with E-state index in [1.807, 2.05) is 0 Å². The van der Waals surface area contributed by atoms with E-state index in [2.05, 4.69) is 95.7 Å². The number of piperidine rings is 1. The molecule has 2 aliphatic rings. The van der Waals surface area contributed by atoms with E-state index in [0.717, 1.165) is 19.0 Å². The SMILES string of the molecule is CN1CCC(c2cccc3c2C[C@H](N(Cc2ccccc2)Cc2ccccc2)CC3)CC1. The van der Waals surface area contributed by atoms with Gasteiger partial charge in [0.15, 0.2) is 0 Å². The molecule has 2 heteroatoms.